The van der Waals surface area contributed by atoms with Crippen molar-refractivity contribution in [3.8, 4) is 5.75 Å². The van der Waals surface area contributed by atoms with E-state index in [9.17, 15) is 4.79 Å². The number of hydrogen-bond donors (Lipinski definition) is 1. The van der Waals surface area contributed by atoms with Gasteiger partial charge in [-0.25, -0.2) is 4.98 Å². The van der Waals surface area contributed by atoms with E-state index in [-0.39, 0.29) is 5.91 Å². The molecule has 1 amide bonds. The van der Waals surface area contributed by atoms with E-state index in [1.165, 1.54) is 0 Å². The minimum Gasteiger partial charge on any atom is -0.487 e. The summed E-state index contributed by atoms with van der Waals surface area (Å²) in [6, 6.07) is 7.66. The quantitative estimate of drug-likeness (QED) is 0.705. The van der Waals surface area contributed by atoms with Gasteiger partial charge < -0.3 is 14.8 Å². The number of morpholine rings is 1. The van der Waals surface area contributed by atoms with Crippen molar-refractivity contribution in [1.29, 1.82) is 0 Å². The van der Waals surface area contributed by atoms with Gasteiger partial charge in [-0.2, -0.15) is 0 Å². The van der Waals surface area contributed by atoms with E-state index in [2.05, 4.69) is 15.2 Å². The number of amides is 1. The van der Waals surface area contributed by atoms with E-state index in [4.69, 9.17) is 9.47 Å². The highest BCUT2D eigenvalue weighted by atomic mass is 32.1. The Kier molecular flexibility index (Phi) is 7.38. The molecule has 144 valence electrons. The molecule has 1 aromatic carbocycles. The number of carbonyl (C=O) groups excluding carboxylic acids is 1. The van der Waals surface area contributed by atoms with E-state index < -0.39 is 0 Å². The van der Waals surface area contributed by atoms with Gasteiger partial charge >= 0.3 is 0 Å². The van der Waals surface area contributed by atoms with Crippen molar-refractivity contribution in [1.82, 2.24) is 15.2 Å². The predicted octanol–water partition coefficient (Wildman–Crippen LogP) is 2.49. The molecule has 1 aliphatic rings. The average molecular weight is 388 g/mol. The van der Waals surface area contributed by atoms with Crippen molar-refractivity contribution in [2.45, 2.75) is 13.5 Å². The molecule has 1 N–H and O–H groups in total. The Morgan fingerprint density at radius 2 is 2.11 bits per heavy atom. The van der Waals surface area contributed by atoms with E-state index in [0.717, 1.165) is 54.9 Å². The Bertz CT molecular complexity index is 752. The number of aromatic nitrogens is 1. The third-order valence-electron chi connectivity index (χ3n) is 4.19. The lowest BCUT2D eigenvalue weighted by Gasteiger charge is -2.26. The normalized spacial score (nSPS) is 15.1. The van der Waals surface area contributed by atoms with Crippen LogP contribution in [0.2, 0.25) is 0 Å². The Morgan fingerprint density at radius 3 is 2.81 bits per heavy atom. The third kappa shape index (κ3) is 6.78. The zero-order valence-corrected chi connectivity index (χ0v) is 16.3. The fourth-order valence-corrected chi connectivity index (χ4v) is 3.30. The van der Waals surface area contributed by atoms with Gasteiger partial charge in [-0.1, -0.05) is 12.1 Å². The van der Waals surface area contributed by atoms with Crippen LogP contribution < -0.4 is 10.1 Å². The lowest BCUT2D eigenvalue weighted by atomic mass is 10.2. The lowest BCUT2D eigenvalue weighted by molar-refractivity contribution is -0.116. The number of benzene rings is 1. The van der Waals surface area contributed by atoms with Crippen molar-refractivity contribution in [2.24, 2.45) is 0 Å². The Morgan fingerprint density at radius 1 is 1.33 bits per heavy atom. The Balaban J connectivity index is 1.38. The van der Waals surface area contributed by atoms with Gasteiger partial charge in [-0.05, 0) is 30.7 Å². The van der Waals surface area contributed by atoms with Crippen molar-refractivity contribution < 1.29 is 14.3 Å². The van der Waals surface area contributed by atoms with Gasteiger partial charge in [0.2, 0.25) is 5.91 Å². The standard InChI is InChI=1S/C20H25N3O3S/c1-16-22-18(15-27-16)14-26-19-5-2-17(3-6-19)4-7-20(24)21-8-9-23-10-12-25-13-11-23/h2-7,15H,8-14H2,1H3,(H,21,24)/b7-4+. The molecule has 0 saturated carbocycles. The summed E-state index contributed by atoms with van der Waals surface area (Å²) in [4.78, 5) is 18.6. The highest BCUT2D eigenvalue weighted by Gasteiger charge is 2.09. The van der Waals surface area contributed by atoms with Gasteiger partial charge in [0.05, 0.1) is 23.9 Å². The second kappa shape index (κ2) is 10.2. The van der Waals surface area contributed by atoms with Gasteiger partial charge in [-0.3, -0.25) is 9.69 Å². The number of nitrogens with zero attached hydrogens (tertiary/aromatic N) is 2. The second-order valence-electron chi connectivity index (χ2n) is 6.29. The summed E-state index contributed by atoms with van der Waals surface area (Å²) in [5.41, 5.74) is 1.89. The summed E-state index contributed by atoms with van der Waals surface area (Å²) in [6.45, 7) is 7.36. The molecule has 0 atom stereocenters. The molecule has 2 aromatic rings. The Labute approximate surface area is 163 Å². The summed E-state index contributed by atoms with van der Waals surface area (Å²) >= 11 is 1.62. The number of thiazole rings is 1. The monoisotopic (exact) mass is 387 g/mol. The van der Waals surface area contributed by atoms with E-state index in [1.807, 2.05) is 36.6 Å². The van der Waals surface area contributed by atoms with Crippen LogP contribution in [0.5, 0.6) is 5.75 Å². The number of ether oxygens (including phenoxy) is 2. The first-order valence-electron chi connectivity index (χ1n) is 9.09. The average Bonchev–Trinajstić information content (AvgIpc) is 3.12. The summed E-state index contributed by atoms with van der Waals surface area (Å²) < 4.78 is 11.0. The molecule has 1 aliphatic heterocycles. The number of nitrogens with one attached hydrogen (secondary N) is 1. The van der Waals surface area contributed by atoms with Crippen LogP contribution in [0, 0.1) is 6.92 Å². The highest BCUT2D eigenvalue weighted by molar-refractivity contribution is 7.09. The topological polar surface area (TPSA) is 63.7 Å². The molecule has 0 unspecified atom stereocenters. The fraction of sp³-hybridized carbons (Fsp3) is 0.400. The molecule has 6 nitrogen and oxygen atoms in total. The Hall–Kier alpha value is -2.22. The van der Waals surface area contributed by atoms with Crippen LogP contribution in [-0.2, 0) is 16.1 Å². The van der Waals surface area contributed by atoms with Gasteiger partial charge in [-0.15, -0.1) is 11.3 Å². The molecule has 1 saturated heterocycles. The predicted molar refractivity (Wildman–Crippen MR) is 107 cm³/mol. The number of carbonyl (C=O) groups is 1. The molecule has 1 fully saturated rings. The minimum atomic E-state index is -0.0810. The van der Waals surface area contributed by atoms with Gasteiger partial charge in [0, 0.05) is 37.6 Å². The third-order valence-corrected chi connectivity index (χ3v) is 5.01. The summed E-state index contributed by atoms with van der Waals surface area (Å²) in [7, 11) is 0. The first-order chi connectivity index (χ1) is 13.2. The minimum absolute atomic E-state index is 0.0810. The van der Waals surface area contributed by atoms with Crippen LogP contribution in [0.1, 0.15) is 16.3 Å². The van der Waals surface area contributed by atoms with Gasteiger partial charge in [0.1, 0.15) is 12.4 Å². The smallest absolute Gasteiger partial charge is 0.244 e. The first kappa shape index (κ1) is 19.5. The summed E-state index contributed by atoms with van der Waals surface area (Å²) in [6.07, 6.45) is 3.37. The molecular weight excluding hydrogens is 362 g/mol. The molecule has 2 heterocycles. The molecule has 0 spiro atoms. The molecule has 7 heteroatoms. The SMILES string of the molecule is Cc1nc(COc2ccc(/C=C/C(=O)NCCN3CCOCC3)cc2)cs1. The van der Waals surface area contributed by atoms with E-state index in [0.29, 0.717) is 13.2 Å². The van der Waals surface area contributed by atoms with Crippen LogP contribution in [0.4, 0.5) is 0 Å². The van der Waals surface area contributed by atoms with E-state index in [1.54, 1.807) is 23.5 Å². The van der Waals surface area contributed by atoms with Crippen molar-refractivity contribution in [3.05, 3.63) is 52.0 Å². The van der Waals surface area contributed by atoms with Gasteiger partial charge in [0.15, 0.2) is 0 Å². The number of rotatable bonds is 8. The zero-order chi connectivity index (χ0) is 18.9. The van der Waals surface area contributed by atoms with Crippen LogP contribution in [0.25, 0.3) is 6.08 Å². The molecule has 27 heavy (non-hydrogen) atoms. The molecule has 0 aliphatic carbocycles. The largest absolute Gasteiger partial charge is 0.487 e. The van der Waals surface area contributed by atoms with Crippen molar-refractivity contribution in [3.63, 3.8) is 0 Å². The van der Waals surface area contributed by atoms with Crippen LogP contribution in [-0.4, -0.2) is 55.2 Å². The highest BCUT2D eigenvalue weighted by Crippen LogP contribution is 2.16. The van der Waals surface area contributed by atoms with Gasteiger partial charge in [0.25, 0.3) is 0 Å². The lowest BCUT2D eigenvalue weighted by Crippen LogP contribution is -2.41. The number of hydrogen-bond acceptors (Lipinski definition) is 6. The van der Waals surface area contributed by atoms with Crippen molar-refractivity contribution in [2.75, 3.05) is 39.4 Å². The molecule has 3 rings (SSSR count). The maximum Gasteiger partial charge on any atom is 0.244 e. The molecule has 1 aromatic heterocycles. The van der Waals surface area contributed by atoms with E-state index >= 15 is 0 Å². The molecule has 0 radical (unpaired) electrons. The van der Waals surface area contributed by atoms with Crippen LogP contribution in [0.3, 0.4) is 0 Å². The fourth-order valence-electron chi connectivity index (χ4n) is 2.70. The molecular formula is C20H25N3O3S. The summed E-state index contributed by atoms with van der Waals surface area (Å²) in [5.74, 6) is 0.704. The summed E-state index contributed by atoms with van der Waals surface area (Å²) in [5, 5.41) is 5.96. The zero-order valence-electron chi connectivity index (χ0n) is 15.5. The van der Waals surface area contributed by atoms with Crippen LogP contribution in [0.15, 0.2) is 35.7 Å². The second-order valence-corrected chi connectivity index (χ2v) is 7.36. The maximum atomic E-state index is 11.9. The number of aryl methyl sites for hydroxylation is 1. The van der Waals surface area contributed by atoms with Crippen molar-refractivity contribution >= 4 is 23.3 Å². The first-order valence-corrected chi connectivity index (χ1v) is 9.97. The maximum absolute atomic E-state index is 11.9. The van der Waals surface area contributed by atoms with Crippen LogP contribution >= 0.6 is 11.3 Å². The molecule has 0 bridgehead atoms.